The third-order valence-electron chi connectivity index (χ3n) is 9.30. The summed E-state index contributed by atoms with van der Waals surface area (Å²) in [6.07, 6.45) is 11.4. The largest absolute Gasteiger partial charge is 0.0993 e. The highest BCUT2D eigenvalue weighted by molar-refractivity contribution is 5.21. The monoisotopic (exact) mass is 330 g/mol. The van der Waals surface area contributed by atoms with E-state index in [0.29, 0.717) is 10.8 Å². The fourth-order valence-electron chi connectivity index (χ4n) is 7.29. The first-order valence-corrected chi connectivity index (χ1v) is 10.9. The van der Waals surface area contributed by atoms with E-state index in [9.17, 15) is 0 Å². The maximum Gasteiger partial charge on any atom is -0.00879 e. The lowest BCUT2D eigenvalue weighted by molar-refractivity contribution is -0.0775. The van der Waals surface area contributed by atoms with Crippen molar-refractivity contribution >= 4 is 0 Å². The Balaban J connectivity index is 1.78. The lowest BCUT2D eigenvalue weighted by Gasteiger charge is -2.58. The predicted molar refractivity (Wildman–Crippen MR) is 106 cm³/mol. The normalized spacial score (nSPS) is 42.7. The summed E-state index contributed by atoms with van der Waals surface area (Å²) in [5.41, 5.74) is 2.60. The molecule has 0 aromatic rings. The van der Waals surface area contributed by atoms with Gasteiger partial charge in [-0.1, -0.05) is 60.1 Å². The van der Waals surface area contributed by atoms with E-state index in [4.69, 9.17) is 0 Å². The van der Waals surface area contributed by atoms with Crippen molar-refractivity contribution in [1.82, 2.24) is 0 Å². The van der Waals surface area contributed by atoms with Gasteiger partial charge in [-0.15, -0.1) is 0 Å². The van der Waals surface area contributed by atoms with Crippen molar-refractivity contribution in [2.24, 2.45) is 46.3 Å². The molecule has 6 atom stereocenters. The minimum atomic E-state index is 0.480. The van der Waals surface area contributed by atoms with Crippen molar-refractivity contribution in [3.8, 4) is 0 Å². The maximum absolute atomic E-state index is 4.47. The Morgan fingerprint density at radius 2 is 1.75 bits per heavy atom. The van der Waals surface area contributed by atoms with Crippen molar-refractivity contribution < 1.29 is 0 Å². The van der Waals surface area contributed by atoms with Crippen LogP contribution in [0.1, 0.15) is 92.9 Å². The topological polar surface area (TPSA) is 0 Å². The predicted octanol–water partition coefficient (Wildman–Crippen LogP) is 7.49. The van der Waals surface area contributed by atoms with Crippen LogP contribution in [0.4, 0.5) is 0 Å². The second-order valence-electron chi connectivity index (χ2n) is 10.7. The van der Waals surface area contributed by atoms with E-state index >= 15 is 0 Å². The van der Waals surface area contributed by atoms with E-state index in [0.717, 1.165) is 35.5 Å². The van der Waals surface area contributed by atoms with Crippen molar-refractivity contribution in [3.63, 3.8) is 0 Å². The number of hydrogen-bond acceptors (Lipinski definition) is 0. The molecular formula is C24H42. The minimum absolute atomic E-state index is 0.480. The van der Waals surface area contributed by atoms with Gasteiger partial charge in [-0.2, -0.15) is 0 Å². The van der Waals surface area contributed by atoms with Gasteiger partial charge >= 0.3 is 0 Å². The number of allylic oxidation sites excluding steroid dienone is 1. The van der Waals surface area contributed by atoms with E-state index < -0.39 is 0 Å². The molecule has 4 unspecified atom stereocenters. The van der Waals surface area contributed by atoms with Gasteiger partial charge in [-0.25, -0.2) is 0 Å². The zero-order chi connectivity index (χ0) is 17.7. The van der Waals surface area contributed by atoms with Gasteiger partial charge < -0.3 is 0 Å². The third-order valence-corrected chi connectivity index (χ3v) is 9.30. The summed E-state index contributed by atoms with van der Waals surface area (Å²) in [6.45, 7) is 19.6. The molecule has 0 amide bonds. The molecule has 0 bridgehead atoms. The molecule has 0 heteroatoms. The molecule has 3 fully saturated rings. The molecular weight excluding hydrogens is 288 g/mol. The van der Waals surface area contributed by atoms with Gasteiger partial charge in [0.25, 0.3) is 0 Å². The summed E-state index contributed by atoms with van der Waals surface area (Å²) in [6, 6.07) is 0. The summed E-state index contributed by atoms with van der Waals surface area (Å²) >= 11 is 0. The van der Waals surface area contributed by atoms with Gasteiger partial charge in [0, 0.05) is 0 Å². The Labute approximate surface area is 151 Å². The molecule has 0 spiro atoms. The Bertz CT molecular complexity index is 470. The van der Waals surface area contributed by atoms with Gasteiger partial charge in [0.1, 0.15) is 0 Å². The van der Waals surface area contributed by atoms with Gasteiger partial charge in [-0.05, 0) is 91.3 Å². The average molecular weight is 331 g/mol. The molecule has 0 aromatic carbocycles. The molecule has 3 aliphatic rings. The molecule has 0 aliphatic heterocycles. The first-order valence-electron chi connectivity index (χ1n) is 10.9. The SMILES string of the molecule is C=C1CCC2C3CCC(C[C@@H](CC)C(C)C)C(C)(C)C3CC[C@]12C. The molecule has 0 aromatic heterocycles. The van der Waals surface area contributed by atoms with E-state index in [1.807, 2.05) is 0 Å². The summed E-state index contributed by atoms with van der Waals surface area (Å²) in [5.74, 6) is 5.59. The Morgan fingerprint density at radius 1 is 1.04 bits per heavy atom. The lowest BCUT2D eigenvalue weighted by Crippen LogP contribution is -2.50. The highest BCUT2D eigenvalue weighted by Gasteiger charge is 2.56. The van der Waals surface area contributed by atoms with Crippen LogP contribution in [0.15, 0.2) is 12.2 Å². The standard InChI is InChI=1S/C24H42/c1-8-18(16(2)3)15-19-10-11-20-21(23(19,5)6)13-14-24(7)17(4)9-12-22(20)24/h16,18-22H,4,8-15H2,1-3,5-7H3/t18-,19?,20?,21?,22?,24-/m1/s1. The molecule has 3 aliphatic carbocycles. The second-order valence-corrected chi connectivity index (χ2v) is 10.7. The molecule has 24 heavy (non-hydrogen) atoms. The van der Waals surface area contributed by atoms with E-state index in [1.165, 1.54) is 51.4 Å². The molecule has 0 N–H and O–H groups in total. The molecule has 0 radical (unpaired) electrons. The van der Waals surface area contributed by atoms with Gasteiger partial charge in [0.15, 0.2) is 0 Å². The number of hydrogen-bond donors (Lipinski definition) is 0. The average Bonchev–Trinajstić information content (AvgIpc) is 2.82. The fourth-order valence-corrected chi connectivity index (χ4v) is 7.29. The van der Waals surface area contributed by atoms with E-state index in [2.05, 4.69) is 48.1 Å². The zero-order valence-corrected chi connectivity index (χ0v) is 17.3. The number of fused-ring (bicyclic) bond motifs is 3. The Hall–Kier alpha value is -0.260. The van der Waals surface area contributed by atoms with Crippen molar-refractivity contribution in [3.05, 3.63) is 12.2 Å². The van der Waals surface area contributed by atoms with Crippen LogP contribution in [0.2, 0.25) is 0 Å². The summed E-state index contributed by atoms with van der Waals surface area (Å²) in [5, 5.41) is 0. The van der Waals surface area contributed by atoms with Crippen LogP contribution >= 0.6 is 0 Å². The van der Waals surface area contributed by atoms with E-state index in [-0.39, 0.29) is 0 Å². The van der Waals surface area contributed by atoms with E-state index in [1.54, 1.807) is 5.57 Å². The minimum Gasteiger partial charge on any atom is -0.0993 e. The maximum atomic E-state index is 4.47. The van der Waals surface area contributed by atoms with Crippen LogP contribution in [0, 0.1) is 46.3 Å². The first kappa shape index (κ1) is 18.5. The first-order chi connectivity index (χ1) is 11.2. The summed E-state index contributed by atoms with van der Waals surface area (Å²) in [4.78, 5) is 0. The van der Waals surface area contributed by atoms with Crippen LogP contribution in [0.5, 0.6) is 0 Å². The zero-order valence-electron chi connectivity index (χ0n) is 17.3. The van der Waals surface area contributed by atoms with Crippen LogP contribution < -0.4 is 0 Å². The summed E-state index contributed by atoms with van der Waals surface area (Å²) in [7, 11) is 0. The quantitative estimate of drug-likeness (QED) is 0.468. The van der Waals surface area contributed by atoms with Gasteiger partial charge in [-0.3, -0.25) is 0 Å². The molecule has 0 nitrogen and oxygen atoms in total. The molecule has 3 saturated carbocycles. The lowest BCUT2D eigenvalue weighted by atomic mass is 9.47. The molecule has 0 saturated heterocycles. The fraction of sp³-hybridized carbons (Fsp3) is 0.917. The highest BCUT2D eigenvalue weighted by Crippen LogP contribution is 2.65. The molecule has 3 rings (SSSR count). The third kappa shape index (κ3) is 2.80. The smallest absolute Gasteiger partial charge is 0.00879 e. The number of rotatable bonds is 4. The summed E-state index contributed by atoms with van der Waals surface area (Å²) < 4.78 is 0. The Kier molecular flexibility index (Phi) is 5.00. The molecule has 0 heterocycles. The van der Waals surface area contributed by atoms with Crippen LogP contribution in [-0.2, 0) is 0 Å². The van der Waals surface area contributed by atoms with Crippen LogP contribution in [0.25, 0.3) is 0 Å². The molecule has 138 valence electrons. The van der Waals surface area contributed by atoms with Crippen molar-refractivity contribution in [1.29, 1.82) is 0 Å². The van der Waals surface area contributed by atoms with Crippen LogP contribution in [-0.4, -0.2) is 0 Å². The van der Waals surface area contributed by atoms with Crippen molar-refractivity contribution in [2.45, 2.75) is 92.9 Å². The van der Waals surface area contributed by atoms with Gasteiger partial charge in [0.05, 0.1) is 0 Å². The highest BCUT2D eigenvalue weighted by atomic mass is 14.6. The van der Waals surface area contributed by atoms with Crippen molar-refractivity contribution in [2.75, 3.05) is 0 Å². The van der Waals surface area contributed by atoms with Gasteiger partial charge in [0.2, 0.25) is 0 Å². The Morgan fingerprint density at radius 3 is 2.38 bits per heavy atom. The van der Waals surface area contributed by atoms with Crippen LogP contribution in [0.3, 0.4) is 0 Å². The second kappa shape index (κ2) is 6.48.